The minimum absolute atomic E-state index is 0.247. The molecule has 1 fully saturated rings. The summed E-state index contributed by atoms with van der Waals surface area (Å²) in [4.78, 5) is 37.8. The van der Waals surface area contributed by atoms with Gasteiger partial charge in [0.1, 0.15) is 17.0 Å². The first-order valence-corrected chi connectivity index (χ1v) is 12.1. The Morgan fingerprint density at radius 1 is 1.11 bits per heavy atom. The fourth-order valence-electron chi connectivity index (χ4n) is 4.63. The molecule has 0 spiro atoms. The first-order valence-electron chi connectivity index (χ1n) is 12.1. The Kier molecular flexibility index (Phi) is 6.63. The fourth-order valence-corrected chi connectivity index (χ4v) is 4.63. The fraction of sp³-hybridized carbons (Fsp3) is 0.259. The van der Waals surface area contributed by atoms with Crippen molar-refractivity contribution >= 4 is 29.3 Å². The van der Waals surface area contributed by atoms with Crippen LogP contribution in [0.3, 0.4) is 0 Å². The standard InChI is InChI=1S/C27H28N6O4/c1-30(2)18-29-25-24-23(14-15-28-25)32(20-7-6-16-31(17-20)27(35)36)26(34)33(24)19-10-12-22(13-11-19)37-21-8-4-3-5-9-21/h3-5,8-15,18,20H,6-7,16-17H2,1-2H3,(H,35,36). The van der Waals surface area contributed by atoms with Crippen molar-refractivity contribution in [1.82, 2.24) is 23.9 Å². The van der Waals surface area contributed by atoms with Crippen LogP contribution in [0.1, 0.15) is 18.9 Å². The molecule has 10 heteroatoms. The number of likely N-dealkylation sites (tertiary alicyclic amines) is 1. The third kappa shape index (κ3) is 4.90. The topological polar surface area (TPSA) is 105 Å². The third-order valence-corrected chi connectivity index (χ3v) is 6.28. The van der Waals surface area contributed by atoms with E-state index in [0.29, 0.717) is 53.4 Å². The van der Waals surface area contributed by atoms with Crippen LogP contribution in [-0.4, -0.2) is 68.6 Å². The molecule has 2 aromatic heterocycles. The van der Waals surface area contributed by atoms with E-state index in [4.69, 9.17) is 4.74 Å². The van der Waals surface area contributed by atoms with Crippen molar-refractivity contribution in [2.75, 3.05) is 27.2 Å². The second-order valence-electron chi connectivity index (χ2n) is 9.13. The number of pyridine rings is 1. The maximum Gasteiger partial charge on any atom is 0.407 e. The summed E-state index contributed by atoms with van der Waals surface area (Å²) in [5, 5.41) is 9.55. The van der Waals surface area contributed by atoms with Gasteiger partial charge in [-0.3, -0.25) is 9.13 Å². The molecule has 2 aromatic carbocycles. The van der Waals surface area contributed by atoms with E-state index >= 15 is 0 Å². The van der Waals surface area contributed by atoms with Gasteiger partial charge in [-0.2, -0.15) is 0 Å². The van der Waals surface area contributed by atoms with Crippen LogP contribution >= 0.6 is 0 Å². The largest absolute Gasteiger partial charge is 0.465 e. The number of amides is 1. The van der Waals surface area contributed by atoms with Crippen LogP contribution in [0.25, 0.3) is 16.7 Å². The molecule has 1 aliphatic rings. The Balaban J connectivity index is 1.63. The van der Waals surface area contributed by atoms with Crippen LogP contribution in [0.4, 0.5) is 10.6 Å². The highest BCUT2D eigenvalue weighted by molar-refractivity contribution is 5.88. The number of carbonyl (C=O) groups is 1. The SMILES string of the molecule is CN(C)C=Nc1nccc2c1n(-c1ccc(Oc3ccccc3)cc1)c(=O)n2C1CCCN(C(=O)O)C1. The van der Waals surface area contributed by atoms with E-state index in [9.17, 15) is 14.7 Å². The zero-order valence-electron chi connectivity index (χ0n) is 20.7. The number of ether oxygens (including phenoxy) is 1. The quantitative estimate of drug-likeness (QED) is 0.308. The normalized spacial score (nSPS) is 15.8. The highest BCUT2D eigenvalue weighted by atomic mass is 16.5. The van der Waals surface area contributed by atoms with Crippen molar-refractivity contribution in [2.24, 2.45) is 4.99 Å². The van der Waals surface area contributed by atoms with Gasteiger partial charge in [-0.05, 0) is 55.3 Å². The van der Waals surface area contributed by atoms with Gasteiger partial charge in [0.2, 0.25) is 0 Å². The average Bonchev–Trinajstić information content (AvgIpc) is 3.20. The summed E-state index contributed by atoms with van der Waals surface area (Å²) in [6.07, 6.45) is 3.66. The van der Waals surface area contributed by atoms with Crippen LogP contribution in [0.15, 0.2) is 76.6 Å². The number of piperidine rings is 1. The van der Waals surface area contributed by atoms with E-state index in [1.165, 1.54) is 4.90 Å². The number of carboxylic acid groups (broad SMARTS) is 1. The lowest BCUT2D eigenvalue weighted by molar-refractivity contribution is 0.121. The summed E-state index contributed by atoms with van der Waals surface area (Å²) in [6, 6.07) is 18.2. The molecule has 1 atom stereocenters. The van der Waals surface area contributed by atoms with Gasteiger partial charge in [-0.1, -0.05) is 18.2 Å². The third-order valence-electron chi connectivity index (χ3n) is 6.28. The number of aliphatic imine (C=N–C) groups is 1. The number of nitrogens with zero attached hydrogens (tertiary/aromatic N) is 6. The van der Waals surface area contributed by atoms with Gasteiger partial charge < -0.3 is 19.6 Å². The lowest BCUT2D eigenvalue weighted by atomic mass is 10.1. The van der Waals surface area contributed by atoms with Gasteiger partial charge in [-0.15, -0.1) is 0 Å². The maximum absolute atomic E-state index is 14.0. The Morgan fingerprint density at radius 3 is 2.54 bits per heavy atom. The monoisotopic (exact) mass is 500 g/mol. The maximum atomic E-state index is 14.0. The van der Waals surface area contributed by atoms with Crippen LogP contribution in [0, 0.1) is 0 Å². The summed E-state index contributed by atoms with van der Waals surface area (Å²) in [7, 11) is 3.71. The first-order chi connectivity index (χ1) is 17.9. The molecule has 1 unspecified atom stereocenters. The van der Waals surface area contributed by atoms with Crippen molar-refractivity contribution in [3.8, 4) is 17.2 Å². The van der Waals surface area contributed by atoms with E-state index in [2.05, 4.69) is 9.98 Å². The average molecular weight is 501 g/mol. The molecule has 3 heterocycles. The van der Waals surface area contributed by atoms with Crippen molar-refractivity contribution in [3.05, 3.63) is 77.3 Å². The highest BCUT2D eigenvalue weighted by Crippen LogP contribution is 2.31. The number of hydrogen-bond acceptors (Lipinski definition) is 5. The Bertz CT molecular complexity index is 1490. The molecule has 0 bridgehead atoms. The molecule has 0 aliphatic carbocycles. The van der Waals surface area contributed by atoms with E-state index in [-0.39, 0.29) is 18.3 Å². The molecular weight excluding hydrogens is 472 g/mol. The summed E-state index contributed by atoms with van der Waals surface area (Å²) < 4.78 is 9.20. The minimum Gasteiger partial charge on any atom is -0.465 e. The van der Waals surface area contributed by atoms with Crippen molar-refractivity contribution in [1.29, 1.82) is 0 Å². The zero-order chi connectivity index (χ0) is 25.9. The number of hydrogen-bond donors (Lipinski definition) is 1. The molecule has 0 radical (unpaired) electrons. The Morgan fingerprint density at radius 2 is 1.84 bits per heavy atom. The first kappa shape index (κ1) is 24.1. The molecule has 190 valence electrons. The number of aromatic nitrogens is 3. The second-order valence-corrected chi connectivity index (χ2v) is 9.13. The second kappa shape index (κ2) is 10.2. The summed E-state index contributed by atoms with van der Waals surface area (Å²) in [6.45, 7) is 0.707. The van der Waals surface area contributed by atoms with Crippen LogP contribution in [0.2, 0.25) is 0 Å². The minimum atomic E-state index is -0.978. The van der Waals surface area contributed by atoms with Gasteiger partial charge in [0.05, 0.1) is 23.6 Å². The van der Waals surface area contributed by atoms with Gasteiger partial charge in [0.25, 0.3) is 0 Å². The number of fused-ring (bicyclic) bond motifs is 1. The predicted molar refractivity (Wildman–Crippen MR) is 142 cm³/mol. The van der Waals surface area contributed by atoms with Gasteiger partial charge in [-0.25, -0.2) is 19.6 Å². The van der Waals surface area contributed by atoms with Crippen molar-refractivity contribution in [3.63, 3.8) is 0 Å². The van der Waals surface area contributed by atoms with E-state index < -0.39 is 6.09 Å². The van der Waals surface area contributed by atoms with Gasteiger partial charge in [0.15, 0.2) is 5.82 Å². The smallest absolute Gasteiger partial charge is 0.407 e. The lowest BCUT2D eigenvalue weighted by Crippen LogP contribution is -2.42. The molecule has 1 aliphatic heterocycles. The summed E-state index contributed by atoms with van der Waals surface area (Å²) in [5.74, 6) is 1.76. The summed E-state index contributed by atoms with van der Waals surface area (Å²) in [5.41, 5.74) is 1.59. The number of benzene rings is 2. The van der Waals surface area contributed by atoms with E-state index in [1.807, 2.05) is 68.7 Å². The Hall–Kier alpha value is -4.60. The molecule has 37 heavy (non-hydrogen) atoms. The number of imidazole rings is 1. The van der Waals surface area contributed by atoms with E-state index in [0.717, 1.165) is 0 Å². The molecular formula is C27H28N6O4. The molecule has 1 saturated heterocycles. The zero-order valence-corrected chi connectivity index (χ0v) is 20.7. The molecule has 4 aromatic rings. The van der Waals surface area contributed by atoms with Gasteiger partial charge >= 0.3 is 11.8 Å². The molecule has 10 nitrogen and oxygen atoms in total. The molecule has 1 amide bonds. The van der Waals surface area contributed by atoms with Crippen LogP contribution < -0.4 is 10.4 Å². The predicted octanol–water partition coefficient (Wildman–Crippen LogP) is 4.52. The van der Waals surface area contributed by atoms with Crippen molar-refractivity contribution < 1.29 is 14.6 Å². The molecule has 0 saturated carbocycles. The Labute approximate surface area is 213 Å². The molecule has 1 N–H and O–H groups in total. The summed E-state index contributed by atoms with van der Waals surface area (Å²) >= 11 is 0. The lowest BCUT2D eigenvalue weighted by Gasteiger charge is -2.31. The van der Waals surface area contributed by atoms with Crippen molar-refractivity contribution in [2.45, 2.75) is 18.9 Å². The van der Waals surface area contributed by atoms with Crippen LogP contribution in [0.5, 0.6) is 11.5 Å². The highest BCUT2D eigenvalue weighted by Gasteiger charge is 2.29. The van der Waals surface area contributed by atoms with Gasteiger partial charge in [0, 0.05) is 33.4 Å². The van der Waals surface area contributed by atoms with E-state index in [1.54, 1.807) is 32.6 Å². The molecule has 5 rings (SSSR count). The van der Waals surface area contributed by atoms with Crippen LogP contribution in [-0.2, 0) is 0 Å². The number of rotatable bonds is 6. The number of para-hydroxylation sites is 1.